The lowest BCUT2D eigenvalue weighted by atomic mass is 9.72. The molecule has 1 aliphatic rings. The van der Waals surface area contributed by atoms with Crippen molar-refractivity contribution in [2.45, 2.75) is 45.1 Å². The number of aliphatic hydroxyl groups excluding tert-OH is 1. The summed E-state index contributed by atoms with van der Waals surface area (Å²) in [7, 11) is 3.37. The molecule has 0 heterocycles. The van der Waals surface area contributed by atoms with Gasteiger partial charge in [-0.2, -0.15) is 0 Å². The smallest absolute Gasteiger partial charge is 0.123 e. The Morgan fingerprint density at radius 1 is 1.14 bits per heavy atom. The molecule has 124 valence electrons. The van der Waals surface area contributed by atoms with Crippen LogP contribution in [-0.2, 0) is 6.54 Å². The molecule has 0 bridgehead atoms. The van der Waals surface area contributed by atoms with Crippen LogP contribution in [0.5, 0.6) is 11.5 Å². The molecule has 0 unspecified atom stereocenters. The largest absolute Gasteiger partial charge is 0.497 e. The van der Waals surface area contributed by atoms with Gasteiger partial charge in [0.1, 0.15) is 11.5 Å². The van der Waals surface area contributed by atoms with Crippen molar-refractivity contribution in [3.63, 3.8) is 0 Å². The van der Waals surface area contributed by atoms with Crippen molar-refractivity contribution in [3.05, 3.63) is 23.8 Å². The highest BCUT2D eigenvalue weighted by Gasteiger charge is 2.30. The van der Waals surface area contributed by atoms with Crippen molar-refractivity contribution in [3.8, 4) is 11.5 Å². The van der Waals surface area contributed by atoms with Gasteiger partial charge in [-0.05, 0) is 42.9 Å². The maximum absolute atomic E-state index is 9.39. The van der Waals surface area contributed by atoms with Crippen LogP contribution in [0.1, 0.15) is 44.1 Å². The van der Waals surface area contributed by atoms with Gasteiger partial charge in [-0.25, -0.2) is 0 Å². The first-order valence-corrected chi connectivity index (χ1v) is 8.25. The number of nitrogens with one attached hydrogen (secondary N) is 1. The predicted octanol–water partition coefficient (Wildman–Crippen LogP) is 3.13. The fourth-order valence-corrected chi connectivity index (χ4v) is 3.54. The summed E-state index contributed by atoms with van der Waals surface area (Å²) < 4.78 is 10.7. The molecular weight excluding hydrogens is 278 g/mol. The van der Waals surface area contributed by atoms with Gasteiger partial charge < -0.3 is 19.9 Å². The lowest BCUT2D eigenvalue weighted by molar-refractivity contribution is 0.126. The van der Waals surface area contributed by atoms with Crippen LogP contribution >= 0.6 is 0 Å². The molecule has 0 atom stereocenters. The number of methoxy groups -OCH3 is 2. The monoisotopic (exact) mass is 307 g/mol. The van der Waals surface area contributed by atoms with Crippen molar-refractivity contribution in [1.29, 1.82) is 0 Å². The summed E-state index contributed by atoms with van der Waals surface area (Å²) in [5.74, 6) is 1.73. The van der Waals surface area contributed by atoms with Gasteiger partial charge >= 0.3 is 0 Å². The van der Waals surface area contributed by atoms with Gasteiger partial charge in [-0.15, -0.1) is 0 Å². The van der Waals surface area contributed by atoms with E-state index in [2.05, 4.69) is 5.32 Å². The van der Waals surface area contributed by atoms with E-state index in [4.69, 9.17) is 9.47 Å². The molecule has 2 rings (SSSR count). The molecule has 4 nitrogen and oxygen atoms in total. The van der Waals surface area contributed by atoms with E-state index < -0.39 is 0 Å². The number of ether oxygens (including phenoxy) is 2. The fraction of sp³-hybridized carbons (Fsp3) is 0.667. The number of rotatable bonds is 8. The normalized spacial score (nSPS) is 17.2. The van der Waals surface area contributed by atoms with E-state index in [1.807, 2.05) is 18.2 Å². The molecule has 1 fully saturated rings. The van der Waals surface area contributed by atoms with Gasteiger partial charge in [0.2, 0.25) is 0 Å². The highest BCUT2D eigenvalue weighted by molar-refractivity contribution is 5.40. The maximum atomic E-state index is 9.39. The van der Waals surface area contributed by atoms with Crippen LogP contribution < -0.4 is 14.8 Å². The molecule has 0 aliphatic heterocycles. The van der Waals surface area contributed by atoms with Gasteiger partial charge in [-0.1, -0.05) is 19.3 Å². The molecule has 0 saturated heterocycles. The summed E-state index contributed by atoms with van der Waals surface area (Å²) in [6, 6.07) is 5.88. The zero-order valence-corrected chi connectivity index (χ0v) is 13.9. The van der Waals surface area contributed by atoms with Gasteiger partial charge in [0.25, 0.3) is 0 Å². The second-order valence-electron chi connectivity index (χ2n) is 6.32. The minimum atomic E-state index is 0.263. The van der Waals surface area contributed by atoms with Crippen LogP contribution in [0.4, 0.5) is 0 Å². The summed E-state index contributed by atoms with van der Waals surface area (Å²) in [5.41, 5.74) is 1.37. The van der Waals surface area contributed by atoms with E-state index >= 15 is 0 Å². The molecule has 1 aromatic carbocycles. The average molecular weight is 307 g/mol. The van der Waals surface area contributed by atoms with Crippen LogP contribution in [0, 0.1) is 5.41 Å². The lowest BCUT2D eigenvalue weighted by Crippen LogP contribution is -2.36. The Bertz CT molecular complexity index is 450. The van der Waals surface area contributed by atoms with Crippen molar-refractivity contribution in [2.75, 3.05) is 27.4 Å². The molecule has 1 saturated carbocycles. The zero-order chi connectivity index (χ0) is 15.8. The molecular formula is C18H29NO3. The van der Waals surface area contributed by atoms with Gasteiger partial charge in [0.05, 0.1) is 14.2 Å². The van der Waals surface area contributed by atoms with E-state index in [1.165, 1.54) is 32.1 Å². The number of aliphatic hydroxyl groups is 1. The maximum Gasteiger partial charge on any atom is 0.123 e. The predicted molar refractivity (Wildman–Crippen MR) is 88.5 cm³/mol. The lowest BCUT2D eigenvalue weighted by Gasteiger charge is -2.37. The number of benzene rings is 1. The van der Waals surface area contributed by atoms with Crippen LogP contribution in [-0.4, -0.2) is 32.5 Å². The molecule has 2 N–H and O–H groups in total. The Morgan fingerprint density at radius 3 is 2.55 bits per heavy atom. The van der Waals surface area contributed by atoms with Crippen molar-refractivity contribution >= 4 is 0 Å². The minimum Gasteiger partial charge on any atom is -0.497 e. The van der Waals surface area contributed by atoms with Crippen LogP contribution in [0.3, 0.4) is 0 Å². The second-order valence-corrected chi connectivity index (χ2v) is 6.32. The summed E-state index contributed by atoms with van der Waals surface area (Å²) in [6.07, 6.45) is 7.23. The summed E-state index contributed by atoms with van der Waals surface area (Å²) in [6.45, 7) is 1.99. The minimum absolute atomic E-state index is 0.263. The average Bonchev–Trinajstić information content (AvgIpc) is 2.56. The summed E-state index contributed by atoms with van der Waals surface area (Å²) in [5, 5.41) is 13.0. The second kappa shape index (κ2) is 8.39. The molecule has 22 heavy (non-hydrogen) atoms. The molecule has 0 radical (unpaired) electrons. The number of hydrogen-bond acceptors (Lipinski definition) is 4. The highest BCUT2D eigenvalue weighted by atomic mass is 16.5. The quantitative estimate of drug-likeness (QED) is 0.775. The van der Waals surface area contributed by atoms with Crippen molar-refractivity contribution in [1.82, 2.24) is 5.32 Å². The third kappa shape index (κ3) is 4.37. The van der Waals surface area contributed by atoms with E-state index in [0.29, 0.717) is 0 Å². The first-order chi connectivity index (χ1) is 10.7. The van der Waals surface area contributed by atoms with E-state index in [-0.39, 0.29) is 12.0 Å². The first kappa shape index (κ1) is 17.1. The third-order valence-electron chi connectivity index (χ3n) is 4.86. The Hall–Kier alpha value is -1.26. The highest BCUT2D eigenvalue weighted by Crippen LogP contribution is 2.38. The van der Waals surface area contributed by atoms with E-state index in [1.54, 1.807) is 14.2 Å². The van der Waals surface area contributed by atoms with Gasteiger partial charge in [0, 0.05) is 25.3 Å². The van der Waals surface area contributed by atoms with Crippen LogP contribution in [0.15, 0.2) is 18.2 Å². The Kier molecular flexibility index (Phi) is 6.52. The fourth-order valence-electron chi connectivity index (χ4n) is 3.54. The first-order valence-electron chi connectivity index (χ1n) is 8.25. The molecule has 1 aliphatic carbocycles. The molecule has 1 aromatic rings. The molecule has 4 heteroatoms. The summed E-state index contributed by atoms with van der Waals surface area (Å²) in [4.78, 5) is 0. The van der Waals surface area contributed by atoms with E-state index in [0.717, 1.165) is 36.6 Å². The number of hydrogen-bond donors (Lipinski definition) is 2. The van der Waals surface area contributed by atoms with Gasteiger partial charge in [0.15, 0.2) is 0 Å². The Labute approximate surface area is 133 Å². The van der Waals surface area contributed by atoms with Gasteiger partial charge in [-0.3, -0.25) is 0 Å². The Morgan fingerprint density at radius 2 is 1.91 bits per heavy atom. The SMILES string of the molecule is COc1ccc(OC)c(CNCC2(CCO)CCCCC2)c1. The van der Waals surface area contributed by atoms with Crippen LogP contribution in [0.25, 0.3) is 0 Å². The molecule has 0 aromatic heterocycles. The standard InChI is InChI=1S/C18H29NO3/c1-21-16-6-7-17(22-2)15(12-16)13-19-14-18(10-11-20)8-4-3-5-9-18/h6-7,12,19-20H,3-5,8-11,13-14H2,1-2H3. The van der Waals surface area contributed by atoms with Crippen LogP contribution in [0.2, 0.25) is 0 Å². The Balaban J connectivity index is 1.96. The molecule has 0 spiro atoms. The molecule has 0 amide bonds. The summed E-state index contributed by atoms with van der Waals surface area (Å²) >= 11 is 0. The topological polar surface area (TPSA) is 50.7 Å². The van der Waals surface area contributed by atoms with Crippen molar-refractivity contribution < 1.29 is 14.6 Å². The van der Waals surface area contributed by atoms with Crippen molar-refractivity contribution in [2.24, 2.45) is 5.41 Å². The zero-order valence-electron chi connectivity index (χ0n) is 13.9. The third-order valence-corrected chi connectivity index (χ3v) is 4.86. The van der Waals surface area contributed by atoms with E-state index in [9.17, 15) is 5.11 Å².